The first-order valence-corrected chi connectivity index (χ1v) is 13.2. The van der Waals surface area contributed by atoms with Crippen LogP contribution in [0.2, 0.25) is 0 Å². The summed E-state index contributed by atoms with van der Waals surface area (Å²) < 4.78 is 0. The molecule has 0 amide bonds. The summed E-state index contributed by atoms with van der Waals surface area (Å²) in [5.74, 6) is 3.47. The predicted octanol–water partition coefficient (Wildman–Crippen LogP) is 4.55. The van der Waals surface area contributed by atoms with Crippen molar-refractivity contribution in [3.8, 4) is 11.5 Å². The summed E-state index contributed by atoms with van der Waals surface area (Å²) in [5, 5.41) is 14.7. The summed E-state index contributed by atoms with van der Waals surface area (Å²) in [6, 6.07) is 41.8. The van der Waals surface area contributed by atoms with Crippen LogP contribution in [0.1, 0.15) is 19.4 Å². The molecule has 4 aromatic rings. The first-order valence-electron chi connectivity index (χ1n) is 11.2. The van der Waals surface area contributed by atoms with Crippen LogP contribution in [0.3, 0.4) is 0 Å². The Kier molecular flexibility index (Phi) is 6.75. The molecule has 0 atom stereocenters. The third kappa shape index (κ3) is 5.07. The van der Waals surface area contributed by atoms with Gasteiger partial charge in [0.25, 0.3) is 0 Å². The highest BCUT2D eigenvalue weighted by Crippen LogP contribution is 2.19. The molecular weight excluding hydrogens is 416 g/mol. The van der Waals surface area contributed by atoms with Crippen LogP contribution in [0.25, 0.3) is 6.08 Å². The summed E-state index contributed by atoms with van der Waals surface area (Å²) >= 11 is 0. The van der Waals surface area contributed by atoms with Crippen molar-refractivity contribution in [2.24, 2.45) is 0 Å². The van der Waals surface area contributed by atoms with E-state index in [4.69, 9.17) is 0 Å². The van der Waals surface area contributed by atoms with E-state index in [1.807, 2.05) is 54.6 Å². The van der Waals surface area contributed by atoms with Crippen molar-refractivity contribution in [2.45, 2.75) is 19.4 Å². The van der Waals surface area contributed by atoms with Crippen molar-refractivity contribution < 1.29 is 5.11 Å². The zero-order valence-electron chi connectivity index (χ0n) is 19.1. The molecule has 0 radical (unpaired) electrons. The zero-order valence-corrected chi connectivity index (χ0v) is 20.1. The van der Waals surface area contributed by atoms with Gasteiger partial charge in [-0.2, -0.15) is 0 Å². The molecule has 0 aromatic heterocycles. The summed E-state index contributed by atoms with van der Waals surface area (Å²) in [4.78, 5) is 0. The van der Waals surface area contributed by atoms with Gasteiger partial charge in [0.15, 0.2) is 0 Å². The fraction of sp³-hybridized carbons (Fsp3) is 0.0968. The Morgan fingerprint density at radius 1 is 0.636 bits per heavy atom. The van der Waals surface area contributed by atoms with E-state index in [1.54, 1.807) is 13.8 Å². The average Bonchev–Trinajstić information content (AvgIpc) is 2.86. The van der Waals surface area contributed by atoms with Crippen LogP contribution in [-0.4, -0.2) is 18.8 Å². The second-order valence-electron chi connectivity index (χ2n) is 8.63. The lowest BCUT2D eigenvalue weighted by molar-refractivity contribution is 0.126. The number of hydrogen-bond acceptors (Lipinski definition) is 1. The molecule has 0 fully saturated rings. The summed E-state index contributed by atoms with van der Waals surface area (Å²) in [6.45, 7) is 3.60. The summed E-state index contributed by atoms with van der Waals surface area (Å²) in [7, 11) is -2.70. The normalized spacial score (nSPS) is 12.0. The van der Waals surface area contributed by atoms with Crippen molar-refractivity contribution in [2.75, 3.05) is 0 Å². The van der Waals surface area contributed by atoms with Gasteiger partial charge in [-0.3, -0.25) is 0 Å². The molecule has 4 rings (SSSR count). The smallest absolute Gasteiger partial charge is 0.230 e. The molecule has 0 unspecified atom stereocenters. The van der Waals surface area contributed by atoms with E-state index >= 15 is 0 Å². The minimum Gasteiger partial charge on any atom is -0.385 e. The van der Waals surface area contributed by atoms with Crippen LogP contribution in [0, 0.1) is 11.5 Å². The molecule has 33 heavy (non-hydrogen) atoms. The Morgan fingerprint density at radius 2 is 1.00 bits per heavy atom. The standard InChI is InChI=1S/C31H28OSi/c1-31(2,32)27(25-26-15-7-3-8-16-26)23-24-33(28-17-9-4-10-18-28,29-19-11-5-12-20-29)30-21-13-6-14-22-30/h3-22,25,32H,1-2H3/b27-25-. The minimum absolute atomic E-state index is 0.702. The second-order valence-corrected chi connectivity index (χ2v) is 12.1. The van der Waals surface area contributed by atoms with Gasteiger partial charge in [-0.05, 0) is 41.0 Å². The van der Waals surface area contributed by atoms with E-state index in [0.29, 0.717) is 5.57 Å². The fourth-order valence-corrected chi connectivity index (χ4v) is 7.86. The molecule has 0 bridgehead atoms. The Labute approximate surface area is 198 Å². The van der Waals surface area contributed by atoms with Crippen molar-refractivity contribution >= 4 is 29.7 Å². The highest BCUT2D eigenvalue weighted by molar-refractivity contribution is 7.16. The van der Waals surface area contributed by atoms with Crippen molar-refractivity contribution in [1.82, 2.24) is 0 Å². The Hall–Kier alpha value is -3.64. The Bertz CT molecular complexity index is 1160. The Balaban J connectivity index is 2.01. The molecule has 1 nitrogen and oxygen atoms in total. The number of aliphatic hydroxyl groups is 1. The van der Waals surface area contributed by atoms with Crippen LogP contribution in [0.5, 0.6) is 0 Å². The quantitative estimate of drug-likeness (QED) is 0.272. The molecule has 0 aliphatic rings. The van der Waals surface area contributed by atoms with Crippen molar-refractivity contribution in [3.05, 3.63) is 132 Å². The molecule has 0 aliphatic carbocycles. The third-order valence-electron chi connectivity index (χ3n) is 5.77. The van der Waals surface area contributed by atoms with Gasteiger partial charge >= 0.3 is 0 Å². The van der Waals surface area contributed by atoms with Crippen molar-refractivity contribution in [1.29, 1.82) is 0 Å². The van der Waals surface area contributed by atoms with E-state index in [9.17, 15) is 5.11 Å². The zero-order chi connectivity index (χ0) is 23.2. The topological polar surface area (TPSA) is 20.2 Å². The van der Waals surface area contributed by atoms with Crippen LogP contribution in [-0.2, 0) is 0 Å². The lowest BCUT2D eigenvalue weighted by Crippen LogP contribution is -2.66. The maximum absolute atomic E-state index is 11.0. The molecule has 0 saturated heterocycles. The molecule has 0 saturated carbocycles. The first-order chi connectivity index (χ1) is 16.0. The van der Waals surface area contributed by atoms with Gasteiger partial charge in [0.05, 0.1) is 5.60 Å². The van der Waals surface area contributed by atoms with Gasteiger partial charge in [0.1, 0.15) is 0 Å². The molecule has 1 N–H and O–H groups in total. The van der Waals surface area contributed by atoms with Gasteiger partial charge < -0.3 is 5.11 Å². The molecule has 0 spiro atoms. The number of benzene rings is 4. The van der Waals surface area contributed by atoms with Gasteiger partial charge in [0, 0.05) is 5.57 Å². The predicted molar refractivity (Wildman–Crippen MR) is 142 cm³/mol. The van der Waals surface area contributed by atoms with Gasteiger partial charge in [-0.15, -0.1) is 5.54 Å². The van der Waals surface area contributed by atoms with Gasteiger partial charge in [-0.1, -0.05) is 127 Å². The van der Waals surface area contributed by atoms with E-state index in [-0.39, 0.29) is 0 Å². The highest BCUT2D eigenvalue weighted by Gasteiger charge is 2.38. The molecule has 162 valence electrons. The SMILES string of the molecule is CC(C)(O)/C(C#C[Si](c1ccccc1)(c1ccccc1)c1ccccc1)=C\c1ccccc1. The van der Waals surface area contributed by atoms with Gasteiger partial charge in [-0.25, -0.2) is 0 Å². The molecule has 0 heterocycles. The lowest BCUT2D eigenvalue weighted by atomic mass is 9.96. The van der Waals surface area contributed by atoms with Crippen LogP contribution in [0.4, 0.5) is 0 Å². The van der Waals surface area contributed by atoms with E-state index in [1.165, 1.54) is 15.6 Å². The Morgan fingerprint density at radius 3 is 1.36 bits per heavy atom. The van der Waals surface area contributed by atoms with E-state index in [0.717, 1.165) is 5.56 Å². The molecule has 0 aliphatic heterocycles. The highest BCUT2D eigenvalue weighted by atomic mass is 28.3. The second kappa shape index (κ2) is 9.88. The average molecular weight is 445 g/mol. The maximum Gasteiger partial charge on any atom is 0.230 e. The summed E-state index contributed by atoms with van der Waals surface area (Å²) in [5.41, 5.74) is 4.43. The first kappa shape index (κ1) is 22.5. The molecule has 4 aromatic carbocycles. The largest absolute Gasteiger partial charge is 0.385 e. The minimum atomic E-state index is -2.70. The van der Waals surface area contributed by atoms with Crippen LogP contribution >= 0.6 is 0 Å². The third-order valence-corrected chi connectivity index (χ3v) is 9.87. The molecular formula is C31H28OSi. The fourth-order valence-electron chi connectivity index (χ4n) is 4.02. The summed E-state index contributed by atoms with van der Waals surface area (Å²) in [6.07, 6.45) is 1.99. The van der Waals surface area contributed by atoms with Crippen LogP contribution < -0.4 is 15.6 Å². The van der Waals surface area contributed by atoms with E-state index in [2.05, 4.69) is 84.3 Å². The monoisotopic (exact) mass is 444 g/mol. The maximum atomic E-state index is 11.0. The van der Waals surface area contributed by atoms with Crippen LogP contribution in [0.15, 0.2) is 127 Å². The van der Waals surface area contributed by atoms with Crippen molar-refractivity contribution in [3.63, 3.8) is 0 Å². The van der Waals surface area contributed by atoms with Gasteiger partial charge in [0.2, 0.25) is 8.07 Å². The number of rotatable bonds is 5. The lowest BCUT2D eigenvalue weighted by Gasteiger charge is -2.28. The number of hydrogen-bond donors (Lipinski definition) is 1. The molecule has 2 heteroatoms. The van der Waals surface area contributed by atoms with E-state index < -0.39 is 13.7 Å².